The number of carboxylic acid groups (broad SMARTS) is 1. The molecular formula is C14H25NO2. The van der Waals surface area contributed by atoms with E-state index in [-0.39, 0.29) is 6.04 Å². The van der Waals surface area contributed by atoms with Crippen LogP contribution in [0.25, 0.3) is 0 Å². The molecule has 4 unspecified atom stereocenters. The highest BCUT2D eigenvalue weighted by Crippen LogP contribution is 2.42. The van der Waals surface area contributed by atoms with E-state index in [0.29, 0.717) is 17.8 Å². The van der Waals surface area contributed by atoms with Crippen LogP contribution in [-0.4, -0.2) is 35.1 Å². The third kappa shape index (κ3) is 2.65. The average molecular weight is 239 g/mol. The largest absolute Gasteiger partial charge is 0.480 e. The van der Waals surface area contributed by atoms with Crippen molar-refractivity contribution in [2.75, 3.05) is 13.1 Å². The molecule has 0 amide bonds. The topological polar surface area (TPSA) is 40.5 Å². The average Bonchev–Trinajstić information content (AvgIpc) is 2.76. The molecule has 0 aromatic heterocycles. The minimum atomic E-state index is -0.594. The molecule has 0 spiro atoms. The molecule has 3 heteroatoms. The maximum Gasteiger partial charge on any atom is 0.321 e. The molecule has 17 heavy (non-hydrogen) atoms. The zero-order valence-corrected chi connectivity index (χ0v) is 11.1. The Balaban J connectivity index is 1.99. The number of rotatable bonds is 5. The summed E-state index contributed by atoms with van der Waals surface area (Å²) in [5.74, 6) is 1.12. The van der Waals surface area contributed by atoms with E-state index in [4.69, 9.17) is 0 Å². The Morgan fingerprint density at radius 2 is 2.24 bits per heavy atom. The second-order valence-corrected chi connectivity index (χ2v) is 5.99. The molecule has 1 aliphatic carbocycles. The van der Waals surface area contributed by atoms with E-state index in [1.165, 1.54) is 25.7 Å². The standard InChI is InChI=1S/C14H25NO2/c1-3-5-10(2)8-15-9-11-6-4-7-12(11)13(15)14(16)17/h10-13H,3-9H2,1-2H3,(H,16,17). The summed E-state index contributed by atoms with van der Waals surface area (Å²) in [6, 6.07) is -0.193. The Kier molecular flexibility index (Phi) is 4.08. The summed E-state index contributed by atoms with van der Waals surface area (Å²) in [5, 5.41) is 9.43. The number of fused-ring (bicyclic) bond motifs is 1. The molecule has 3 nitrogen and oxygen atoms in total. The van der Waals surface area contributed by atoms with Crippen LogP contribution in [0.1, 0.15) is 46.0 Å². The first kappa shape index (κ1) is 12.9. The minimum Gasteiger partial charge on any atom is -0.480 e. The molecular weight excluding hydrogens is 214 g/mol. The summed E-state index contributed by atoms with van der Waals surface area (Å²) >= 11 is 0. The van der Waals surface area contributed by atoms with Gasteiger partial charge in [-0.15, -0.1) is 0 Å². The summed E-state index contributed by atoms with van der Waals surface area (Å²) in [4.78, 5) is 13.7. The highest BCUT2D eigenvalue weighted by atomic mass is 16.4. The molecule has 2 fully saturated rings. The van der Waals surface area contributed by atoms with E-state index in [1.807, 2.05) is 0 Å². The van der Waals surface area contributed by atoms with Gasteiger partial charge in [-0.2, -0.15) is 0 Å². The lowest BCUT2D eigenvalue weighted by molar-refractivity contribution is -0.143. The molecule has 0 aromatic carbocycles. The van der Waals surface area contributed by atoms with Gasteiger partial charge in [0.2, 0.25) is 0 Å². The molecule has 0 bridgehead atoms. The molecule has 0 radical (unpaired) electrons. The Bertz CT molecular complexity index is 279. The van der Waals surface area contributed by atoms with Crippen molar-refractivity contribution >= 4 is 5.97 Å². The number of hydrogen-bond donors (Lipinski definition) is 1. The number of likely N-dealkylation sites (tertiary alicyclic amines) is 1. The summed E-state index contributed by atoms with van der Waals surface area (Å²) < 4.78 is 0. The van der Waals surface area contributed by atoms with Crippen molar-refractivity contribution in [2.24, 2.45) is 17.8 Å². The molecule has 2 aliphatic rings. The Hall–Kier alpha value is -0.570. The minimum absolute atomic E-state index is 0.193. The van der Waals surface area contributed by atoms with E-state index in [0.717, 1.165) is 19.5 Å². The number of carbonyl (C=O) groups is 1. The van der Waals surface area contributed by atoms with Gasteiger partial charge >= 0.3 is 5.97 Å². The van der Waals surface area contributed by atoms with Crippen LogP contribution in [0.15, 0.2) is 0 Å². The predicted octanol–water partition coefficient (Wildman–Crippen LogP) is 2.61. The van der Waals surface area contributed by atoms with Gasteiger partial charge in [-0.3, -0.25) is 9.69 Å². The summed E-state index contributed by atoms with van der Waals surface area (Å²) in [5.41, 5.74) is 0. The molecule has 1 N–H and O–H groups in total. The van der Waals surface area contributed by atoms with Crippen LogP contribution in [0, 0.1) is 17.8 Å². The zero-order valence-electron chi connectivity index (χ0n) is 11.1. The number of hydrogen-bond acceptors (Lipinski definition) is 2. The lowest BCUT2D eigenvalue weighted by Crippen LogP contribution is -2.41. The number of carboxylic acids is 1. The van der Waals surface area contributed by atoms with Gasteiger partial charge < -0.3 is 5.11 Å². The normalized spacial score (nSPS) is 34.8. The predicted molar refractivity (Wildman–Crippen MR) is 67.9 cm³/mol. The van der Waals surface area contributed by atoms with Crippen LogP contribution in [0.5, 0.6) is 0 Å². The van der Waals surface area contributed by atoms with Crippen molar-refractivity contribution in [2.45, 2.75) is 52.0 Å². The maximum atomic E-state index is 11.5. The monoisotopic (exact) mass is 239 g/mol. The SMILES string of the molecule is CCCC(C)CN1CC2CCCC2C1C(=O)O. The summed E-state index contributed by atoms with van der Waals surface area (Å²) in [6.45, 7) is 6.44. The first-order chi connectivity index (χ1) is 8.13. The first-order valence-corrected chi connectivity index (χ1v) is 7.10. The van der Waals surface area contributed by atoms with Crippen LogP contribution in [-0.2, 0) is 4.79 Å². The van der Waals surface area contributed by atoms with Crippen molar-refractivity contribution in [1.29, 1.82) is 0 Å². The second kappa shape index (κ2) is 5.38. The molecule has 1 saturated heterocycles. The van der Waals surface area contributed by atoms with Crippen molar-refractivity contribution in [3.05, 3.63) is 0 Å². The maximum absolute atomic E-state index is 11.5. The molecule has 1 aliphatic heterocycles. The molecule has 2 rings (SSSR count). The van der Waals surface area contributed by atoms with Crippen molar-refractivity contribution in [3.8, 4) is 0 Å². The molecule has 0 aromatic rings. The first-order valence-electron chi connectivity index (χ1n) is 7.10. The molecule has 1 heterocycles. The highest BCUT2D eigenvalue weighted by Gasteiger charge is 2.47. The van der Waals surface area contributed by atoms with Crippen molar-refractivity contribution < 1.29 is 9.90 Å². The lowest BCUT2D eigenvalue weighted by Gasteiger charge is -2.26. The molecule has 4 atom stereocenters. The smallest absolute Gasteiger partial charge is 0.321 e. The van der Waals surface area contributed by atoms with Crippen LogP contribution >= 0.6 is 0 Å². The third-order valence-corrected chi connectivity index (χ3v) is 4.57. The van der Waals surface area contributed by atoms with Crippen molar-refractivity contribution in [3.63, 3.8) is 0 Å². The zero-order chi connectivity index (χ0) is 12.4. The lowest BCUT2D eigenvalue weighted by atomic mass is 9.94. The van der Waals surface area contributed by atoms with Crippen LogP contribution in [0.2, 0.25) is 0 Å². The summed E-state index contributed by atoms with van der Waals surface area (Å²) in [7, 11) is 0. The number of aliphatic carboxylic acids is 1. The fourth-order valence-corrected chi connectivity index (χ4v) is 3.91. The number of nitrogens with zero attached hydrogens (tertiary/aromatic N) is 1. The van der Waals surface area contributed by atoms with Gasteiger partial charge in [-0.1, -0.05) is 26.7 Å². The Labute approximate surface area is 104 Å². The van der Waals surface area contributed by atoms with Gasteiger partial charge in [0.1, 0.15) is 6.04 Å². The van der Waals surface area contributed by atoms with Gasteiger partial charge in [-0.25, -0.2) is 0 Å². The van der Waals surface area contributed by atoms with E-state index in [9.17, 15) is 9.90 Å². The van der Waals surface area contributed by atoms with Gasteiger partial charge in [0.25, 0.3) is 0 Å². The van der Waals surface area contributed by atoms with Gasteiger partial charge in [0.05, 0.1) is 0 Å². The Morgan fingerprint density at radius 1 is 1.47 bits per heavy atom. The fraction of sp³-hybridized carbons (Fsp3) is 0.929. The second-order valence-electron chi connectivity index (χ2n) is 5.99. The van der Waals surface area contributed by atoms with E-state index < -0.39 is 5.97 Å². The fourth-order valence-electron chi connectivity index (χ4n) is 3.91. The summed E-state index contributed by atoms with van der Waals surface area (Å²) in [6.07, 6.45) is 6.00. The van der Waals surface area contributed by atoms with E-state index in [1.54, 1.807) is 0 Å². The van der Waals surface area contributed by atoms with Gasteiger partial charge in [0.15, 0.2) is 0 Å². The Morgan fingerprint density at radius 3 is 2.88 bits per heavy atom. The van der Waals surface area contributed by atoms with Crippen LogP contribution in [0.3, 0.4) is 0 Å². The van der Waals surface area contributed by atoms with Crippen LogP contribution < -0.4 is 0 Å². The van der Waals surface area contributed by atoms with Crippen molar-refractivity contribution in [1.82, 2.24) is 4.90 Å². The highest BCUT2D eigenvalue weighted by molar-refractivity contribution is 5.74. The van der Waals surface area contributed by atoms with E-state index in [2.05, 4.69) is 18.7 Å². The molecule has 1 saturated carbocycles. The third-order valence-electron chi connectivity index (χ3n) is 4.57. The van der Waals surface area contributed by atoms with Gasteiger partial charge in [0, 0.05) is 13.1 Å². The van der Waals surface area contributed by atoms with Gasteiger partial charge in [-0.05, 0) is 37.0 Å². The van der Waals surface area contributed by atoms with E-state index >= 15 is 0 Å². The molecule has 98 valence electrons. The van der Waals surface area contributed by atoms with Crippen LogP contribution in [0.4, 0.5) is 0 Å². The quantitative estimate of drug-likeness (QED) is 0.801.